The first kappa shape index (κ1) is 16.0. The summed E-state index contributed by atoms with van der Waals surface area (Å²) in [5.74, 6) is 0. The molecule has 0 fully saturated rings. The van der Waals surface area contributed by atoms with Gasteiger partial charge in [0.25, 0.3) is 0 Å². The molecule has 0 aliphatic heterocycles. The van der Waals surface area contributed by atoms with Crippen molar-refractivity contribution in [1.29, 1.82) is 10.5 Å². The van der Waals surface area contributed by atoms with Crippen LogP contribution in [0.15, 0.2) is 0 Å². The summed E-state index contributed by atoms with van der Waals surface area (Å²) in [5.41, 5.74) is 0. The topological polar surface area (TPSA) is 93.7 Å². The number of nitrogens with zero attached hydrogens (tertiary/aromatic N) is 2. The van der Waals surface area contributed by atoms with Crippen molar-refractivity contribution in [2.24, 2.45) is 0 Å². The SMILES string of the molecule is N#C[O-].N#C[O-].[Pb+2]. The Balaban J connectivity index is -0.0000000400. The smallest absolute Gasteiger partial charge is 0.812 e. The van der Waals surface area contributed by atoms with E-state index in [4.69, 9.17) is 20.7 Å². The van der Waals surface area contributed by atoms with E-state index in [9.17, 15) is 0 Å². The summed E-state index contributed by atoms with van der Waals surface area (Å²) in [5, 5.41) is 30.0. The Morgan fingerprint density at radius 1 is 1.00 bits per heavy atom. The van der Waals surface area contributed by atoms with Gasteiger partial charge in [-0.15, -0.1) is 0 Å². The summed E-state index contributed by atoms with van der Waals surface area (Å²) in [6.07, 6.45) is 1.00. The molecule has 0 atom stereocenters. The molecule has 0 amide bonds. The van der Waals surface area contributed by atoms with Gasteiger partial charge in [-0.1, -0.05) is 0 Å². The molecule has 2 radical (unpaired) electrons. The third-order valence-corrected chi connectivity index (χ3v) is 0. The van der Waals surface area contributed by atoms with Crippen LogP contribution in [0.25, 0.3) is 0 Å². The van der Waals surface area contributed by atoms with Crippen LogP contribution < -0.4 is 10.2 Å². The minimum atomic E-state index is 0. The second kappa shape index (κ2) is 49.4. The summed E-state index contributed by atoms with van der Waals surface area (Å²) in [7, 11) is 0. The van der Waals surface area contributed by atoms with E-state index in [2.05, 4.69) is 0 Å². The predicted molar refractivity (Wildman–Crippen MR) is 17.0 cm³/mol. The van der Waals surface area contributed by atoms with E-state index in [0.29, 0.717) is 12.5 Å². The van der Waals surface area contributed by atoms with Crippen molar-refractivity contribution in [3.05, 3.63) is 0 Å². The molecule has 0 spiro atoms. The van der Waals surface area contributed by atoms with Crippen LogP contribution in [0.1, 0.15) is 0 Å². The Bertz CT molecular complexity index is 68.7. The largest absolute Gasteiger partial charge is 2.00 e. The fourth-order valence-electron chi connectivity index (χ4n) is 0. The van der Waals surface area contributed by atoms with E-state index in [0.717, 1.165) is 0 Å². The Labute approximate surface area is 60.8 Å². The second-order valence-electron chi connectivity index (χ2n) is 0.183. The minimum absolute atomic E-state index is 0. The van der Waals surface area contributed by atoms with Crippen LogP contribution >= 0.6 is 0 Å². The van der Waals surface area contributed by atoms with Crippen molar-refractivity contribution < 1.29 is 10.2 Å². The maximum absolute atomic E-state index is 8.24. The fraction of sp³-hybridized carbons (Fsp3) is 0. The first-order valence-electron chi connectivity index (χ1n) is 0.855. The predicted octanol–water partition coefficient (Wildman–Crippen LogP) is -2.73. The molecule has 0 saturated carbocycles. The maximum atomic E-state index is 8.24. The van der Waals surface area contributed by atoms with Gasteiger partial charge in [-0.05, 0) is 0 Å². The minimum Gasteiger partial charge on any atom is -0.812 e. The molecule has 0 bridgehead atoms. The van der Waals surface area contributed by atoms with E-state index in [1.807, 2.05) is 0 Å². The molecule has 0 saturated heterocycles. The molecule has 0 aliphatic carbocycles. The van der Waals surface area contributed by atoms with Crippen molar-refractivity contribution in [1.82, 2.24) is 0 Å². The first-order chi connectivity index (χ1) is 2.83. The standard InChI is InChI=1S/2CHNO.Pb/c2*2-1-3;/h2*3H;/q;;+2/p-2. The molecule has 0 aliphatic rings. The Morgan fingerprint density at radius 2 is 1.00 bits per heavy atom. The van der Waals surface area contributed by atoms with Crippen LogP contribution in [0.5, 0.6) is 0 Å². The zero-order valence-electron chi connectivity index (χ0n) is 3.21. The molecule has 0 aromatic heterocycles. The van der Waals surface area contributed by atoms with Gasteiger partial charge in [-0.2, -0.15) is 0 Å². The molecule has 0 aromatic carbocycles. The van der Waals surface area contributed by atoms with Crippen LogP contribution in [-0.4, -0.2) is 27.3 Å². The molecule has 0 heterocycles. The van der Waals surface area contributed by atoms with Crippen molar-refractivity contribution in [3.8, 4) is 12.5 Å². The molecular formula is C2N2O2Pb. The number of hydrogen-bond donors (Lipinski definition) is 0. The van der Waals surface area contributed by atoms with E-state index < -0.39 is 0 Å². The van der Waals surface area contributed by atoms with E-state index >= 15 is 0 Å². The molecule has 34 valence electrons. The van der Waals surface area contributed by atoms with Crippen molar-refractivity contribution in [2.45, 2.75) is 0 Å². The third kappa shape index (κ3) is 272. The molecule has 0 aromatic rings. The molecule has 5 heteroatoms. The molecular weight excluding hydrogens is 291 g/mol. The zero-order chi connectivity index (χ0) is 5.41. The van der Waals surface area contributed by atoms with Crippen LogP contribution in [0.4, 0.5) is 0 Å². The van der Waals surface area contributed by atoms with Gasteiger partial charge < -0.3 is 10.2 Å². The number of nitriles is 2. The van der Waals surface area contributed by atoms with Crippen molar-refractivity contribution >= 4 is 27.3 Å². The Kier molecular flexibility index (Phi) is 113. The summed E-state index contributed by atoms with van der Waals surface area (Å²) in [6.45, 7) is 0. The van der Waals surface area contributed by atoms with E-state index in [-0.39, 0.29) is 27.3 Å². The van der Waals surface area contributed by atoms with Gasteiger partial charge >= 0.3 is 27.3 Å². The maximum Gasteiger partial charge on any atom is 2.00 e. The van der Waals surface area contributed by atoms with Gasteiger partial charge in [-0.3, -0.25) is 0 Å². The quantitative estimate of drug-likeness (QED) is 0.358. The van der Waals surface area contributed by atoms with Gasteiger partial charge in [0.1, 0.15) is 0 Å². The normalized spacial score (nSPS) is 2.00. The molecule has 0 N–H and O–H groups in total. The molecule has 4 nitrogen and oxygen atoms in total. The van der Waals surface area contributed by atoms with E-state index in [1.165, 1.54) is 0 Å². The Morgan fingerprint density at radius 3 is 1.00 bits per heavy atom. The van der Waals surface area contributed by atoms with Gasteiger partial charge in [0.15, 0.2) is 0 Å². The van der Waals surface area contributed by atoms with Crippen LogP contribution in [0.2, 0.25) is 0 Å². The van der Waals surface area contributed by atoms with Crippen molar-refractivity contribution in [2.75, 3.05) is 0 Å². The summed E-state index contributed by atoms with van der Waals surface area (Å²) >= 11 is 0. The molecule has 7 heavy (non-hydrogen) atoms. The van der Waals surface area contributed by atoms with Crippen LogP contribution in [0, 0.1) is 23.0 Å². The number of rotatable bonds is 0. The summed E-state index contributed by atoms with van der Waals surface area (Å²) < 4.78 is 0. The van der Waals surface area contributed by atoms with Crippen LogP contribution in [0.3, 0.4) is 0 Å². The average molecular weight is 291 g/mol. The zero-order valence-corrected chi connectivity index (χ0v) is 7.10. The summed E-state index contributed by atoms with van der Waals surface area (Å²) in [6, 6.07) is 0. The van der Waals surface area contributed by atoms with Gasteiger partial charge in [0, 0.05) is 12.5 Å². The van der Waals surface area contributed by atoms with E-state index in [1.54, 1.807) is 0 Å². The number of hydrogen-bond acceptors (Lipinski definition) is 4. The van der Waals surface area contributed by atoms with Gasteiger partial charge in [0.05, 0.1) is 0 Å². The Hall–Kier alpha value is -0.498. The van der Waals surface area contributed by atoms with Gasteiger partial charge in [0.2, 0.25) is 0 Å². The average Bonchev–Trinajstić information content (AvgIpc) is 1.39. The van der Waals surface area contributed by atoms with Gasteiger partial charge in [-0.25, -0.2) is 10.5 Å². The fourth-order valence-corrected chi connectivity index (χ4v) is 0. The third-order valence-electron chi connectivity index (χ3n) is 0. The summed E-state index contributed by atoms with van der Waals surface area (Å²) in [4.78, 5) is 0. The first-order valence-corrected chi connectivity index (χ1v) is 0.855. The van der Waals surface area contributed by atoms with Crippen molar-refractivity contribution in [3.63, 3.8) is 0 Å². The monoisotopic (exact) mass is 292 g/mol. The second-order valence-corrected chi connectivity index (χ2v) is 0.183. The molecule has 0 rings (SSSR count). The molecule has 0 unspecified atom stereocenters. The van der Waals surface area contributed by atoms with Crippen LogP contribution in [-0.2, 0) is 0 Å².